The van der Waals surface area contributed by atoms with Crippen molar-refractivity contribution in [2.24, 2.45) is 0 Å². The molecule has 0 radical (unpaired) electrons. The first kappa shape index (κ1) is 20.4. The van der Waals surface area contributed by atoms with Gasteiger partial charge in [0.1, 0.15) is 4.90 Å². The average Bonchev–Trinajstić information content (AvgIpc) is 2.53. The van der Waals surface area contributed by atoms with Crippen LogP contribution in [0.25, 0.3) is 0 Å². The molecular weight excluding hydrogens is 332 g/mol. The fourth-order valence-corrected chi connectivity index (χ4v) is 5.38. The molecule has 1 aromatic carbocycles. The molecule has 0 aromatic heterocycles. The minimum atomic E-state index is -3.75. The number of hydrogen-bond acceptors (Lipinski definition) is 3. The lowest BCUT2D eigenvalue weighted by molar-refractivity contribution is 0.162. The third-order valence-electron chi connectivity index (χ3n) is 5.14. The molecule has 0 N–H and O–H groups in total. The third kappa shape index (κ3) is 4.85. The van der Waals surface area contributed by atoms with Crippen molar-refractivity contribution in [3.8, 4) is 0 Å². The zero-order valence-corrected chi connectivity index (χ0v) is 17.4. The highest BCUT2D eigenvalue weighted by molar-refractivity contribution is 7.86. The van der Waals surface area contributed by atoms with E-state index in [-0.39, 0.29) is 17.9 Å². The minimum absolute atomic E-state index is 0.135. The molecule has 0 heterocycles. The van der Waals surface area contributed by atoms with E-state index in [0.29, 0.717) is 10.8 Å². The van der Waals surface area contributed by atoms with Gasteiger partial charge in [0, 0.05) is 0 Å². The third-order valence-corrected chi connectivity index (χ3v) is 6.64. The number of benzene rings is 1. The quantitative estimate of drug-likeness (QED) is 0.572. The van der Waals surface area contributed by atoms with Gasteiger partial charge in [-0.25, -0.2) is 0 Å². The summed E-state index contributed by atoms with van der Waals surface area (Å²) in [5.74, 6) is 0.637. The van der Waals surface area contributed by atoms with Crippen LogP contribution in [-0.4, -0.2) is 14.5 Å². The maximum Gasteiger partial charge on any atom is 0.297 e. The van der Waals surface area contributed by atoms with Crippen molar-refractivity contribution < 1.29 is 12.6 Å². The van der Waals surface area contributed by atoms with Crippen molar-refractivity contribution in [3.63, 3.8) is 0 Å². The normalized spacial score (nSPS) is 17.0. The Labute approximate surface area is 154 Å². The van der Waals surface area contributed by atoms with Gasteiger partial charge in [0.2, 0.25) is 0 Å². The molecule has 0 spiro atoms. The van der Waals surface area contributed by atoms with Crippen molar-refractivity contribution in [2.75, 3.05) is 0 Å². The molecule has 1 aliphatic carbocycles. The molecule has 0 bridgehead atoms. The molecule has 142 valence electrons. The fraction of sp³-hybridized carbons (Fsp3) is 0.714. The molecule has 1 aromatic rings. The van der Waals surface area contributed by atoms with Crippen LogP contribution >= 0.6 is 0 Å². The van der Waals surface area contributed by atoms with Gasteiger partial charge in [-0.05, 0) is 47.3 Å². The van der Waals surface area contributed by atoms with Gasteiger partial charge in [-0.1, -0.05) is 72.9 Å². The molecule has 25 heavy (non-hydrogen) atoms. The van der Waals surface area contributed by atoms with E-state index in [0.717, 1.165) is 36.8 Å². The van der Waals surface area contributed by atoms with E-state index in [9.17, 15) is 8.42 Å². The Kier molecular flexibility index (Phi) is 6.72. The van der Waals surface area contributed by atoms with Crippen LogP contribution in [0, 0.1) is 0 Å². The van der Waals surface area contributed by atoms with E-state index in [1.807, 2.05) is 0 Å². The Balaban J connectivity index is 2.56. The van der Waals surface area contributed by atoms with E-state index < -0.39 is 10.1 Å². The van der Waals surface area contributed by atoms with Gasteiger partial charge in [-0.15, -0.1) is 0 Å². The molecule has 1 saturated carbocycles. The lowest BCUT2D eigenvalue weighted by atomic mass is 9.89. The standard InChI is InChI=1S/C21H34O3S/c1-14(2)17-12-19(15(3)4)21(20(13-17)16(5)6)25(22,23)24-18-10-8-7-9-11-18/h12-16,18H,7-11H2,1-6H3. The van der Waals surface area contributed by atoms with Crippen LogP contribution in [0.15, 0.2) is 17.0 Å². The van der Waals surface area contributed by atoms with Gasteiger partial charge in [-0.3, -0.25) is 4.18 Å². The molecule has 0 saturated heterocycles. The van der Waals surface area contributed by atoms with Gasteiger partial charge in [0.05, 0.1) is 6.10 Å². The highest BCUT2D eigenvalue weighted by Gasteiger charge is 2.30. The minimum Gasteiger partial charge on any atom is -0.263 e. The van der Waals surface area contributed by atoms with E-state index >= 15 is 0 Å². The van der Waals surface area contributed by atoms with Crippen molar-refractivity contribution in [1.29, 1.82) is 0 Å². The summed E-state index contributed by atoms with van der Waals surface area (Å²) in [6, 6.07) is 4.14. The summed E-state index contributed by atoms with van der Waals surface area (Å²) in [6.45, 7) is 12.5. The highest BCUT2D eigenvalue weighted by Crippen LogP contribution is 2.37. The van der Waals surface area contributed by atoms with E-state index in [4.69, 9.17) is 4.18 Å². The largest absolute Gasteiger partial charge is 0.297 e. The van der Waals surface area contributed by atoms with Crippen LogP contribution in [0.1, 0.15) is 108 Å². The van der Waals surface area contributed by atoms with Gasteiger partial charge < -0.3 is 0 Å². The monoisotopic (exact) mass is 366 g/mol. The Morgan fingerprint density at radius 2 is 1.32 bits per heavy atom. The predicted octanol–water partition coefficient (Wildman–Crippen LogP) is 6.09. The van der Waals surface area contributed by atoms with Crippen LogP contribution in [0.4, 0.5) is 0 Å². The maximum absolute atomic E-state index is 13.2. The van der Waals surface area contributed by atoms with E-state index in [1.54, 1.807) is 0 Å². The number of rotatable bonds is 6. The molecule has 0 aliphatic heterocycles. The lowest BCUT2D eigenvalue weighted by Crippen LogP contribution is -2.23. The van der Waals surface area contributed by atoms with Gasteiger partial charge in [0.15, 0.2) is 0 Å². The Bertz CT molecular complexity index is 652. The van der Waals surface area contributed by atoms with Crippen molar-refractivity contribution in [1.82, 2.24) is 0 Å². The summed E-state index contributed by atoms with van der Waals surface area (Å²) >= 11 is 0. The van der Waals surface area contributed by atoms with Gasteiger partial charge in [-0.2, -0.15) is 8.42 Å². The van der Waals surface area contributed by atoms with Crippen LogP contribution in [0.3, 0.4) is 0 Å². The Morgan fingerprint density at radius 1 is 0.840 bits per heavy atom. The summed E-state index contributed by atoms with van der Waals surface area (Å²) in [5.41, 5.74) is 2.99. The molecule has 2 rings (SSSR count). The lowest BCUT2D eigenvalue weighted by Gasteiger charge is -2.26. The summed E-state index contributed by atoms with van der Waals surface area (Å²) in [6.07, 6.45) is 4.82. The van der Waals surface area contributed by atoms with Crippen molar-refractivity contribution in [3.05, 3.63) is 28.8 Å². The van der Waals surface area contributed by atoms with Crippen molar-refractivity contribution in [2.45, 2.75) is 102 Å². The average molecular weight is 367 g/mol. The molecule has 4 heteroatoms. The molecule has 0 amide bonds. The Hall–Kier alpha value is -0.870. The second-order valence-electron chi connectivity index (χ2n) is 8.30. The molecule has 3 nitrogen and oxygen atoms in total. The molecule has 0 unspecified atom stereocenters. The number of hydrogen-bond donors (Lipinski definition) is 0. The second-order valence-corrected chi connectivity index (χ2v) is 9.81. The highest BCUT2D eigenvalue weighted by atomic mass is 32.2. The second kappa shape index (κ2) is 8.22. The topological polar surface area (TPSA) is 43.4 Å². The van der Waals surface area contributed by atoms with Crippen LogP contribution < -0.4 is 0 Å². The van der Waals surface area contributed by atoms with Crippen LogP contribution in [0.2, 0.25) is 0 Å². The summed E-state index contributed by atoms with van der Waals surface area (Å²) < 4.78 is 32.1. The molecule has 1 fully saturated rings. The molecule has 1 aliphatic rings. The summed E-state index contributed by atoms with van der Waals surface area (Å²) in [7, 11) is -3.75. The van der Waals surface area contributed by atoms with E-state index in [1.165, 1.54) is 12.0 Å². The first-order chi connectivity index (χ1) is 11.6. The van der Waals surface area contributed by atoms with Crippen LogP contribution in [-0.2, 0) is 14.3 Å². The molecule has 0 atom stereocenters. The smallest absolute Gasteiger partial charge is 0.263 e. The van der Waals surface area contributed by atoms with Gasteiger partial charge in [0.25, 0.3) is 10.1 Å². The zero-order valence-electron chi connectivity index (χ0n) is 16.6. The van der Waals surface area contributed by atoms with Crippen molar-refractivity contribution >= 4 is 10.1 Å². The summed E-state index contributed by atoms with van der Waals surface area (Å²) in [4.78, 5) is 0.424. The van der Waals surface area contributed by atoms with E-state index in [2.05, 4.69) is 53.7 Å². The van der Waals surface area contributed by atoms with Gasteiger partial charge >= 0.3 is 0 Å². The zero-order chi connectivity index (χ0) is 18.8. The first-order valence-corrected chi connectivity index (χ1v) is 11.1. The van der Waals surface area contributed by atoms with Crippen LogP contribution in [0.5, 0.6) is 0 Å². The predicted molar refractivity (Wildman–Crippen MR) is 104 cm³/mol. The summed E-state index contributed by atoms with van der Waals surface area (Å²) in [5, 5.41) is 0. The maximum atomic E-state index is 13.2. The first-order valence-electron chi connectivity index (χ1n) is 9.74. The SMILES string of the molecule is CC(C)c1cc(C(C)C)c(S(=O)(=O)OC2CCCCC2)c(C(C)C)c1. The molecular formula is C21H34O3S. The Morgan fingerprint density at radius 3 is 1.72 bits per heavy atom. The fourth-order valence-electron chi connectivity index (χ4n) is 3.57.